The van der Waals surface area contributed by atoms with Crippen LogP contribution in [0.2, 0.25) is 0 Å². The maximum Gasteiger partial charge on any atom is 0.513 e. The molecule has 22 heavy (non-hydrogen) atoms. The number of allylic oxidation sites excluding steroid dienone is 1. The molecule has 7 nitrogen and oxygen atoms in total. The third-order valence-electron chi connectivity index (χ3n) is 3.36. The number of hydrogen-bond donors (Lipinski definition) is 0. The van der Waals surface area contributed by atoms with Gasteiger partial charge in [0.25, 0.3) is 0 Å². The normalized spacial score (nSPS) is 12.9. The van der Waals surface area contributed by atoms with Gasteiger partial charge in [0.05, 0.1) is 26.2 Å². The summed E-state index contributed by atoms with van der Waals surface area (Å²) in [7, 11) is 2.51. The van der Waals surface area contributed by atoms with Crippen LogP contribution in [0, 0.1) is 0 Å². The summed E-state index contributed by atoms with van der Waals surface area (Å²) < 4.78 is 19.8. The zero-order chi connectivity index (χ0) is 15.7. The summed E-state index contributed by atoms with van der Waals surface area (Å²) in [6.07, 6.45) is 4.17. The van der Waals surface area contributed by atoms with Gasteiger partial charge < -0.3 is 18.6 Å². The highest BCUT2D eigenvalue weighted by molar-refractivity contribution is 5.99. The molecule has 0 bridgehead atoms. The highest BCUT2D eigenvalue weighted by Crippen LogP contribution is 2.39. The summed E-state index contributed by atoms with van der Waals surface area (Å²) in [5.74, 6) is 0.176. The fourth-order valence-electron chi connectivity index (χ4n) is 2.40. The zero-order valence-corrected chi connectivity index (χ0v) is 12.0. The minimum Gasteiger partial charge on any atom is -0.460 e. The van der Waals surface area contributed by atoms with Crippen LogP contribution in [0.1, 0.15) is 5.56 Å². The van der Waals surface area contributed by atoms with Crippen molar-refractivity contribution in [1.82, 2.24) is 0 Å². The van der Waals surface area contributed by atoms with Gasteiger partial charge in [0.2, 0.25) is 0 Å². The molecule has 0 spiro atoms. The van der Waals surface area contributed by atoms with Crippen LogP contribution in [-0.4, -0.2) is 26.5 Å². The SMILES string of the molecule is COC(=O)Oc1cc2c(c3ccoc13)CC=CN2C(=O)OC. The smallest absolute Gasteiger partial charge is 0.460 e. The molecule has 0 saturated heterocycles. The standard InChI is InChI=1S/C15H13NO6/c1-19-14(17)16-6-3-4-9-10-5-7-21-13(10)12(8-11(9)16)22-15(18)20-2/h3,5-8H,4H2,1-2H3. The molecule has 0 saturated carbocycles. The van der Waals surface area contributed by atoms with Crippen LogP contribution in [0.3, 0.4) is 0 Å². The van der Waals surface area contributed by atoms with Gasteiger partial charge in [-0.15, -0.1) is 0 Å². The maximum atomic E-state index is 11.9. The molecule has 1 amide bonds. The van der Waals surface area contributed by atoms with E-state index in [1.54, 1.807) is 18.3 Å². The molecular weight excluding hydrogens is 290 g/mol. The molecular formula is C15H13NO6. The van der Waals surface area contributed by atoms with Gasteiger partial charge in [0, 0.05) is 17.7 Å². The molecule has 0 atom stereocenters. The Morgan fingerprint density at radius 2 is 2.09 bits per heavy atom. The molecule has 1 aromatic heterocycles. The molecule has 0 unspecified atom stereocenters. The first-order chi connectivity index (χ1) is 10.7. The quantitative estimate of drug-likeness (QED) is 0.594. The first-order valence-corrected chi connectivity index (χ1v) is 6.48. The number of carbonyl (C=O) groups is 2. The van der Waals surface area contributed by atoms with Crippen LogP contribution in [0.4, 0.5) is 15.3 Å². The maximum absolute atomic E-state index is 11.9. The van der Waals surface area contributed by atoms with Crippen LogP contribution >= 0.6 is 0 Å². The van der Waals surface area contributed by atoms with E-state index in [9.17, 15) is 9.59 Å². The molecule has 7 heteroatoms. The Hall–Kier alpha value is -2.96. The zero-order valence-electron chi connectivity index (χ0n) is 12.0. The lowest BCUT2D eigenvalue weighted by Crippen LogP contribution is -2.28. The minimum absolute atomic E-state index is 0.176. The molecule has 1 aliphatic rings. The number of furan rings is 1. The average Bonchev–Trinajstić information content (AvgIpc) is 3.03. The van der Waals surface area contributed by atoms with Crippen molar-refractivity contribution >= 4 is 28.9 Å². The second-order valence-electron chi connectivity index (χ2n) is 4.52. The minimum atomic E-state index is -0.867. The van der Waals surface area contributed by atoms with E-state index in [0.717, 1.165) is 10.9 Å². The Morgan fingerprint density at radius 1 is 1.27 bits per heavy atom. The Bertz CT molecular complexity index is 776. The van der Waals surface area contributed by atoms with Crippen molar-refractivity contribution in [3.63, 3.8) is 0 Å². The Balaban J connectivity index is 2.17. The fourth-order valence-corrected chi connectivity index (χ4v) is 2.40. The molecule has 0 N–H and O–H groups in total. The number of benzene rings is 1. The Morgan fingerprint density at radius 3 is 2.82 bits per heavy atom. The third-order valence-corrected chi connectivity index (χ3v) is 3.36. The molecule has 0 radical (unpaired) electrons. The first kappa shape index (κ1) is 14.0. The molecule has 0 fully saturated rings. The van der Waals surface area contributed by atoms with Crippen molar-refractivity contribution in [2.45, 2.75) is 6.42 Å². The second kappa shape index (κ2) is 5.44. The van der Waals surface area contributed by atoms with Gasteiger partial charge in [-0.25, -0.2) is 9.59 Å². The number of hydrogen-bond acceptors (Lipinski definition) is 6. The van der Waals surface area contributed by atoms with Gasteiger partial charge in [-0.2, -0.15) is 0 Å². The van der Waals surface area contributed by atoms with Gasteiger partial charge >= 0.3 is 12.2 Å². The van der Waals surface area contributed by atoms with E-state index >= 15 is 0 Å². The summed E-state index contributed by atoms with van der Waals surface area (Å²) >= 11 is 0. The largest absolute Gasteiger partial charge is 0.513 e. The summed E-state index contributed by atoms with van der Waals surface area (Å²) in [5, 5.41) is 0.759. The number of fused-ring (bicyclic) bond motifs is 3. The average molecular weight is 303 g/mol. The highest BCUT2D eigenvalue weighted by Gasteiger charge is 2.25. The molecule has 1 aliphatic heterocycles. The van der Waals surface area contributed by atoms with Crippen molar-refractivity contribution in [1.29, 1.82) is 0 Å². The lowest BCUT2D eigenvalue weighted by molar-refractivity contribution is 0.121. The van der Waals surface area contributed by atoms with Gasteiger partial charge in [-0.05, 0) is 18.1 Å². The lowest BCUT2D eigenvalue weighted by Gasteiger charge is -2.24. The van der Waals surface area contributed by atoms with Gasteiger partial charge in [-0.1, -0.05) is 6.08 Å². The van der Waals surface area contributed by atoms with Crippen molar-refractivity contribution in [2.75, 3.05) is 19.1 Å². The van der Waals surface area contributed by atoms with Crippen LogP contribution in [0.15, 0.2) is 35.1 Å². The van der Waals surface area contributed by atoms with Crippen LogP contribution in [-0.2, 0) is 15.9 Å². The number of anilines is 1. The monoisotopic (exact) mass is 303 g/mol. The second-order valence-corrected chi connectivity index (χ2v) is 4.52. The number of methoxy groups -OCH3 is 2. The Kier molecular flexibility index (Phi) is 3.46. The predicted octanol–water partition coefficient (Wildman–Crippen LogP) is 3.22. The number of carbonyl (C=O) groups excluding carboxylic acids is 2. The molecule has 2 heterocycles. The molecule has 3 rings (SSSR count). The van der Waals surface area contributed by atoms with E-state index in [-0.39, 0.29) is 5.75 Å². The number of amides is 1. The number of ether oxygens (including phenoxy) is 3. The van der Waals surface area contributed by atoms with Gasteiger partial charge in [0.1, 0.15) is 0 Å². The van der Waals surface area contributed by atoms with Gasteiger partial charge in [-0.3, -0.25) is 4.90 Å². The third kappa shape index (κ3) is 2.16. The molecule has 2 aromatic rings. The van der Waals surface area contributed by atoms with Crippen molar-refractivity contribution < 1.29 is 28.2 Å². The summed E-state index contributed by atoms with van der Waals surface area (Å²) in [4.78, 5) is 24.6. The number of rotatable bonds is 1. The highest BCUT2D eigenvalue weighted by atomic mass is 16.7. The van der Waals surface area contributed by atoms with E-state index in [4.69, 9.17) is 13.9 Å². The van der Waals surface area contributed by atoms with Crippen molar-refractivity contribution in [3.05, 3.63) is 36.2 Å². The van der Waals surface area contributed by atoms with Crippen molar-refractivity contribution in [3.8, 4) is 5.75 Å². The van der Waals surface area contributed by atoms with Crippen LogP contribution in [0.5, 0.6) is 5.75 Å². The summed E-state index contributed by atoms with van der Waals surface area (Å²) in [6, 6.07) is 3.31. The van der Waals surface area contributed by atoms with Crippen molar-refractivity contribution in [2.24, 2.45) is 0 Å². The summed E-state index contributed by atoms with van der Waals surface area (Å²) in [6.45, 7) is 0. The number of nitrogens with zero attached hydrogens (tertiary/aromatic N) is 1. The topological polar surface area (TPSA) is 78.2 Å². The van der Waals surface area contributed by atoms with E-state index in [0.29, 0.717) is 17.7 Å². The first-order valence-electron chi connectivity index (χ1n) is 6.48. The fraction of sp³-hybridized carbons (Fsp3) is 0.200. The van der Waals surface area contributed by atoms with Crippen LogP contribution < -0.4 is 9.64 Å². The molecule has 0 aliphatic carbocycles. The van der Waals surface area contributed by atoms with Crippen LogP contribution in [0.25, 0.3) is 11.0 Å². The Labute approximate surface area is 125 Å². The molecule has 1 aromatic carbocycles. The predicted molar refractivity (Wildman–Crippen MR) is 77.0 cm³/mol. The van der Waals surface area contributed by atoms with E-state index < -0.39 is 12.2 Å². The van der Waals surface area contributed by atoms with E-state index in [1.165, 1.54) is 25.4 Å². The van der Waals surface area contributed by atoms with Gasteiger partial charge in [0.15, 0.2) is 11.3 Å². The lowest BCUT2D eigenvalue weighted by atomic mass is 10.0. The van der Waals surface area contributed by atoms with E-state index in [2.05, 4.69) is 4.74 Å². The summed E-state index contributed by atoms with van der Waals surface area (Å²) in [5.41, 5.74) is 1.88. The molecule has 114 valence electrons. The van der Waals surface area contributed by atoms with E-state index in [1.807, 2.05) is 6.08 Å².